The van der Waals surface area contributed by atoms with Crippen molar-refractivity contribution in [1.29, 1.82) is 0 Å². The monoisotopic (exact) mass is 302 g/mol. The number of anilines is 2. The van der Waals surface area contributed by atoms with Gasteiger partial charge in [0.25, 0.3) is 5.91 Å². The third-order valence-electron chi connectivity index (χ3n) is 3.09. The van der Waals surface area contributed by atoms with Gasteiger partial charge < -0.3 is 10.6 Å². The maximum Gasteiger partial charge on any atom is 0.275 e. The number of nitrogens with zero attached hydrogens (tertiary/aromatic N) is 2. The Morgan fingerprint density at radius 3 is 2.68 bits per heavy atom. The summed E-state index contributed by atoms with van der Waals surface area (Å²) in [5.41, 5.74) is 0.262. The fraction of sp³-hybridized carbons (Fsp3) is 0.312. The number of para-hydroxylation sites is 1. The fourth-order valence-electron chi connectivity index (χ4n) is 1.88. The molecule has 0 saturated carbocycles. The van der Waals surface area contributed by atoms with Crippen LogP contribution < -0.4 is 10.6 Å². The highest BCUT2D eigenvalue weighted by atomic mass is 19.1. The standard InChI is InChI=1S/C16H19FN4O/c1-2-3-6-9-18-15-11-19-14(10-20-15)16(22)21-13-8-5-4-7-12(13)17/h4-5,7-8,10-11H,2-3,6,9H2,1H3,(H,18,20)(H,21,22). The summed E-state index contributed by atoms with van der Waals surface area (Å²) in [6.07, 6.45) is 6.25. The summed E-state index contributed by atoms with van der Waals surface area (Å²) in [5, 5.41) is 5.61. The van der Waals surface area contributed by atoms with Crippen LogP contribution in [0.1, 0.15) is 36.7 Å². The Labute approximate surface area is 129 Å². The summed E-state index contributed by atoms with van der Waals surface area (Å²) in [6.45, 7) is 2.96. The number of aromatic nitrogens is 2. The Morgan fingerprint density at radius 1 is 1.18 bits per heavy atom. The Balaban J connectivity index is 1.92. The second-order valence-corrected chi connectivity index (χ2v) is 4.85. The van der Waals surface area contributed by atoms with Gasteiger partial charge in [-0.05, 0) is 18.6 Å². The molecule has 2 rings (SSSR count). The minimum Gasteiger partial charge on any atom is -0.369 e. The van der Waals surface area contributed by atoms with Crippen LogP contribution in [0.25, 0.3) is 0 Å². The predicted octanol–water partition coefficient (Wildman–Crippen LogP) is 3.47. The molecule has 22 heavy (non-hydrogen) atoms. The van der Waals surface area contributed by atoms with Gasteiger partial charge in [-0.2, -0.15) is 0 Å². The highest BCUT2D eigenvalue weighted by Gasteiger charge is 2.10. The van der Waals surface area contributed by atoms with Crippen molar-refractivity contribution in [2.45, 2.75) is 26.2 Å². The minimum absolute atomic E-state index is 0.121. The second kappa shape index (κ2) is 8.07. The van der Waals surface area contributed by atoms with E-state index in [1.165, 1.54) is 24.5 Å². The Kier molecular flexibility index (Phi) is 5.82. The molecule has 0 fully saturated rings. The number of unbranched alkanes of at least 4 members (excludes halogenated alkanes) is 2. The van der Waals surface area contributed by atoms with E-state index in [-0.39, 0.29) is 11.4 Å². The van der Waals surface area contributed by atoms with Gasteiger partial charge in [-0.3, -0.25) is 4.79 Å². The van der Waals surface area contributed by atoms with Crippen LogP contribution in [0, 0.1) is 5.82 Å². The van der Waals surface area contributed by atoms with Crippen molar-refractivity contribution in [1.82, 2.24) is 9.97 Å². The lowest BCUT2D eigenvalue weighted by molar-refractivity contribution is 0.102. The lowest BCUT2D eigenvalue weighted by Gasteiger charge is -2.07. The van der Waals surface area contributed by atoms with E-state index in [1.54, 1.807) is 12.1 Å². The first-order chi connectivity index (χ1) is 10.7. The lowest BCUT2D eigenvalue weighted by atomic mass is 10.2. The molecule has 6 heteroatoms. The average Bonchev–Trinajstić information content (AvgIpc) is 2.54. The van der Waals surface area contributed by atoms with Gasteiger partial charge in [0.05, 0.1) is 18.1 Å². The van der Waals surface area contributed by atoms with E-state index in [0.29, 0.717) is 5.82 Å². The summed E-state index contributed by atoms with van der Waals surface area (Å²) in [5.74, 6) is -0.355. The summed E-state index contributed by atoms with van der Waals surface area (Å²) < 4.78 is 13.5. The van der Waals surface area contributed by atoms with Crippen LogP contribution >= 0.6 is 0 Å². The molecule has 1 aromatic carbocycles. The summed E-state index contributed by atoms with van der Waals surface area (Å²) >= 11 is 0. The first-order valence-corrected chi connectivity index (χ1v) is 7.32. The van der Waals surface area contributed by atoms with Crippen LogP contribution in [-0.4, -0.2) is 22.4 Å². The van der Waals surface area contributed by atoms with Crippen LogP contribution in [0.15, 0.2) is 36.7 Å². The van der Waals surface area contributed by atoms with Crippen molar-refractivity contribution in [3.63, 3.8) is 0 Å². The van der Waals surface area contributed by atoms with Crippen LogP contribution in [0.4, 0.5) is 15.9 Å². The lowest BCUT2D eigenvalue weighted by Crippen LogP contribution is -2.15. The number of carbonyl (C=O) groups is 1. The third-order valence-corrected chi connectivity index (χ3v) is 3.09. The van der Waals surface area contributed by atoms with Crippen LogP contribution in [-0.2, 0) is 0 Å². The SMILES string of the molecule is CCCCCNc1cnc(C(=O)Nc2ccccc2F)cn1. The molecule has 1 heterocycles. The van der Waals surface area contributed by atoms with Crippen molar-refractivity contribution >= 4 is 17.4 Å². The van der Waals surface area contributed by atoms with Crippen molar-refractivity contribution in [2.24, 2.45) is 0 Å². The number of carbonyl (C=O) groups excluding carboxylic acids is 1. The number of amides is 1. The van der Waals surface area contributed by atoms with Crippen molar-refractivity contribution in [3.8, 4) is 0 Å². The molecule has 0 saturated heterocycles. The van der Waals surface area contributed by atoms with Gasteiger partial charge in [0.15, 0.2) is 0 Å². The molecule has 0 radical (unpaired) electrons. The number of hydrogen-bond acceptors (Lipinski definition) is 4. The molecule has 2 aromatic rings. The number of nitrogens with one attached hydrogen (secondary N) is 2. The van der Waals surface area contributed by atoms with E-state index in [0.717, 1.165) is 25.8 Å². The molecule has 0 aliphatic rings. The van der Waals surface area contributed by atoms with Crippen molar-refractivity contribution in [2.75, 3.05) is 17.2 Å². The number of benzene rings is 1. The molecule has 1 aromatic heterocycles. The van der Waals surface area contributed by atoms with E-state index < -0.39 is 11.7 Å². The molecule has 0 unspecified atom stereocenters. The van der Waals surface area contributed by atoms with Crippen LogP contribution in [0.3, 0.4) is 0 Å². The van der Waals surface area contributed by atoms with Gasteiger partial charge in [-0.25, -0.2) is 14.4 Å². The maximum atomic E-state index is 13.5. The molecule has 1 amide bonds. The second-order valence-electron chi connectivity index (χ2n) is 4.85. The van der Waals surface area contributed by atoms with Gasteiger partial charge in [0.2, 0.25) is 0 Å². The molecule has 0 aliphatic carbocycles. The quantitative estimate of drug-likeness (QED) is 0.769. The normalized spacial score (nSPS) is 10.3. The zero-order valence-electron chi connectivity index (χ0n) is 12.5. The molecular formula is C16H19FN4O. The maximum absolute atomic E-state index is 13.5. The Bertz CT molecular complexity index is 616. The Hall–Kier alpha value is -2.50. The fourth-order valence-corrected chi connectivity index (χ4v) is 1.88. The molecule has 0 spiro atoms. The van der Waals surface area contributed by atoms with Gasteiger partial charge in [0, 0.05) is 6.54 Å². The third kappa shape index (κ3) is 4.51. The molecule has 0 aliphatic heterocycles. The van der Waals surface area contributed by atoms with Crippen molar-refractivity contribution in [3.05, 3.63) is 48.2 Å². The largest absolute Gasteiger partial charge is 0.369 e. The van der Waals surface area contributed by atoms with Gasteiger partial charge in [0.1, 0.15) is 17.3 Å². The molecule has 0 bridgehead atoms. The summed E-state index contributed by atoms with van der Waals surface area (Å²) in [6, 6.07) is 5.98. The highest BCUT2D eigenvalue weighted by molar-refractivity contribution is 6.02. The van der Waals surface area contributed by atoms with Gasteiger partial charge in [-0.15, -0.1) is 0 Å². The van der Waals surface area contributed by atoms with E-state index in [1.807, 2.05) is 0 Å². The minimum atomic E-state index is -0.491. The van der Waals surface area contributed by atoms with Gasteiger partial charge in [-0.1, -0.05) is 31.9 Å². The van der Waals surface area contributed by atoms with E-state index in [2.05, 4.69) is 27.5 Å². The predicted molar refractivity (Wildman–Crippen MR) is 84.4 cm³/mol. The first-order valence-electron chi connectivity index (χ1n) is 7.32. The molecule has 5 nitrogen and oxygen atoms in total. The molecular weight excluding hydrogens is 283 g/mol. The summed E-state index contributed by atoms with van der Waals surface area (Å²) in [7, 11) is 0. The topological polar surface area (TPSA) is 66.9 Å². The Morgan fingerprint density at radius 2 is 2.00 bits per heavy atom. The number of rotatable bonds is 7. The average molecular weight is 302 g/mol. The van der Waals surface area contributed by atoms with E-state index in [4.69, 9.17) is 0 Å². The van der Waals surface area contributed by atoms with Crippen LogP contribution in [0.2, 0.25) is 0 Å². The van der Waals surface area contributed by atoms with E-state index >= 15 is 0 Å². The summed E-state index contributed by atoms with van der Waals surface area (Å²) in [4.78, 5) is 20.2. The zero-order valence-corrected chi connectivity index (χ0v) is 12.5. The number of halogens is 1. The molecule has 0 atom stereocenters. The molecule has 2 N–H and O–H groups in total. The highest BCUT2D eigenvalue weighted by Crippen LogP contribution is 2.13. The first kappa shape index (κ1) is 15.9. The van der Waals surface area contributed by atoms with E-state index in [9.17, 15) is 9.18 Å². The molecule has 116 valence electrons. The smallest absolute Gasteiger partial charge is 0.275 e. The van der Waals surface area contributed by atoms with Gasteiger partial charge >= 0.3 is 0 Å². The number of hydrogen-bond donors (Lipinski definition) is 2. The van der Waals surface area contributed by atoms with Crippen molar-refractivity contribution < 1.29 is 9.18 Å². The van der Waals surface area contributed by atoms with Crippen LogP contribution in [0.5, 0.6) is 0 Å². The zero-order chi connectivity index (χ0) is 15.8.